The third-order valence-corrected chi connectivity index (χ3v) is 2.90. The average Bonchev–Trinajstić information content (AvgIpc) is 2.64. The summed E-state index contributed by atoms with van der Waals surface area (Å²) in [5, 5.41) is 18.7. The van der Waals surface area contributed by atoms with Gasteiger partial charge in [0.15, 0.2) is 0 Å². The Morgan fingerprint density at radius 3 is 2.76 bits per heavy atom. The normalized spacial score (nSPS) is 28.3. The molecule has 0 spiro atoms. The van der Waals surface area contributed by atoms with Crippen LogP contribution < -0.4 is 10.9 Å². The van der Waals surface area contributed by atoms with Crippen LogP contribution in [-0.4, -0.2) is 22.4 Å². The molecule has 92 valence electrons. The highest BCUT2D eigenvalue weighted by molar-refractivity contribution is 6.30. The molecule has 3 unspecified atom stereocenters. The summed E-state index contributed by atoms with van der Waals surface area (Å²) < 4.78 is 13.6. The maximum absolute atomic E-state index is 13.6. The Balaban J connectivity index is 2.39. The minimum absolute atomic E-state index is 0.106. The molecule has 0 saturated carbocycles. The zero-order valence-electron chi connectivity index (χ0n) is 8.52. The highest BCUT2D eigenvalue weighted by Gasteiger charge is 2.42. The van der Waals surface area contributed by atoms with E-state index in [4.69, 9.17) is 16.7 Å². The van der Waals surface area contributed by atoms with Crippen molar-refractivity contribution in [2.45, 2.75) is 12.3 Å². The van der Waals surface area contributed by atoms with E-state index in [9.17, 15) is 14.3 Å². The monoisotopic (exact) mass is 260 g/mol. The molecule has 0 aliphatic carbocycles. The van der Waals surface area contributed by atoms with E-state index >= 15 is 0 Å². The van der Waals surface area contributed by atoms with Crippen molar-refractivity contribution in [3.63, 3.8) is 0 Å². The fourth-order valence-electron chi connectivity index (χ4n) is 1.84. The van der Waals surface area contributed by atoms with E-state index in [1.807, 2.05) is 0 Å². The van der Waals surface area contributed by atoms with Gasteiger partial charge in [-0.2, -0.15) is 0 Å². The van der Waals surface area contributed by atoms with Crippen molar-refractivity contribution < 1.29 is 19.4 Å². The van der Waals surface area contributed by atoms with Gasteiger partial charge in [-0.05, 0) is 18.2 Å². The smallest absolute Gasteiger partial charge is 0.312 e. The van der Waals surface area contributed by atoms with Gasteiger partial charge in [0.2, 0.25) is 0 Å². The molecular formula is C10H10ClFN2O3. The van der Waals surface area contributed by atoms with Crippen molar-refractivity contribution in [3.8, 4) is 0 Å². The van der Waals surface area contributed by atoms with Gasteiger partial charge in [0, 0.05) is 10.6 Å². The summed E-state index contributed by atoms with van der Waals surface area (Å²) in [6.07, 6.45) is -1.28. The number of aliphatic hydroxyl groups excluding tert-OH is 1. The van der Waals surface area contributed by atoms with Crippen LogP contribution in [0.25, 0.3) is 0 Å². The summed E-state index contributed by atoms with van der Waals surface area (Å²) in [5.74, 6) is -2.98. The number of hydrazine groups is 1. The van der Waals surface area contributed by atoms with E-state index in [-0.39, 0.29) is 5.56 Å². The van der Waals surface area contributed by atoms with Crippen molar-refractivity contribution in [3.05, 3.63) is 34.6 Å². The van der Waals surface area contributed by atoms with Gasteiger partial charge in [0.05, 0.1) is 6.04 Å². The maximum atomic E-state index is 13.6. The first-order valence-corrected chi connectivity index (χ1v) is 5.25. The number of aliphatic hydroxyl groups is 1. The largest absolute Gasteiger partial charge is 0.481 e. The van der Waals surface area contributed by atoms with Gasteiger partial charge >= 0.3 is 5.97 Å². The molecule has 5 nitrogen and oxygen atoms in total. The SMILES string of the molecule is O=C(O)C1C(O)NNC1c1cc(Cl)ccc1F. The average molecular weight is 261 g/mol. The Labute approximate surface area is 101 Å². The highest BCUT2D eigenvalue weighted by Crippen LogP contribution is 2.31. The van der Waals surface area contributed by atoms with Gasteiger partial charge in [-0.25, -0.2) is 15.2 Å². The third kappa shape index (κ3) is 2.25. The number of hydrogen-bond acceptors (Lipinski definition) is 4. The molecule has 4 N–H and O–H groups in total. The van der Waals surface area contributed by atoms with Crippen molar-refractivity contribution >= 4 is 17.6 Å². The summed E-state index contributed by atoms with van der Waals surface area (Å²) in [4.78, 5) is 11.0. The molecule has 3 atom stereocenters. The summed E-state index contributed by atoms with van der Waals surface area (Å²) >= 11 is 5.73. The molecule has 1 aliphatic heterocycles. The lowest BCUT2D eigenvalue weighted by Gasteiger charge is -2.17. The number of hydrogen-bond donors (Lipinski definition) is 4. The minimum Gasteiger partial charge on any atom is -0.481 e. The number of rotatable bonds is 2. The molecule has 1 heterocycles. The van der Waals surface area contributed by atoms with E-state index in [0.717, 1.165) is 6.07 Å². The number of aliphatic carboxylic acids is 1. The molecule has 1 aromatic carbocycles. The lowest BCUT2D eigenvalue weighted by atomic mass is 9.93. The second kappa shape index (κ2) is 4.58. The van der Waals surface area contributed by atoms with Crippen molar-refractivity contribution in [2.75, 3.05) is 0 Å². The molecule has 17 heavy (non-hydrogen) atoms. The van der Waals surface area contributed by atoms with Gasteiger partial charge in [-0.15, -0.1) is 0 Å². The number of benzene rings is 1. The van der Waals surface area contributed by atoms with Crippen LogP contribution in [0, 0.1) is 11.7 Å². The van der Waals surface area contributed by atoms with Crippen LogP contribution in [0.2, 0.25) is 5.02 Å². The van der Waals surface area contributed by atoms with Crippen molar-refractivity contribution in [2.24, 2.45) is 5.92 Å². The zero-order valence-corrected chi connectivity index (χ0v) is 9.28. The molecule has 7 heteroatoms. The molecule has 2 rings (SSSR count). The van der Waals surface area contributed by atoms with Crippen LogP contribution in [-0.2, 0) is 4.79 Å². The first-order chi connectivity index (χ1) is 8.00. The Morgan fingerprint density at radius 1 is 1.41 bits per heavy atom. The number of carboxylic acids is 1. The summed E-state index contributed by atoms with van der Waals surface area (Å²) in [6, 6.07) is 2.99. The first kappa shape index (κ1) is 12.3. The Hall–Kier alpha value is -1.21. The molecule has 0 amide bonds. The van der Waals surface area contributed by atoms with Gasteiger partial charge in [-0.3, -0.25) is 4.79 Å². The molecular weight excluding hydrogens is 251 g/mol. The molecule has 0 radical (unpaired) electrons. The van der Waals surface area contributed by atoms with Crippen LogP contribution in [0.1, 0.15) is 11.6 Å². The lowest BCUT2D eigenvalue weighted by Crippen LogP contribution is -2.33. The first-order valence-electron chi connectivity index (χ1n) is 4.87. The van der Waals surface area contributed by atoms with E-state index < -0.39 is 30.0 Å². The molecule has 0 bridgehead atoms. The molecule has 0 aromatic heterocycles. The van der Waals surface area contributed by atoms with Crippen LogP contribution in [0.3, 0.4) is 0 Å². The number of carbonyl (C=O) groups is 1. The zero-order chi connectivity index (χ0) is 12.6. The van der Waals surface area contributed by atoms with E-state index in [1.54, 1.807) is 0 Å². The predicted octanol–water partition coefficient (Wildman–Crippen LogP) is 0.647. The molecule has 1 fully saturated rings. The maximum Gasteiger partial charge on any atom is 0.312 e. The second-order valence-corrected chi connectivity index (χ2v) is 4.18. The Kier molecular flexibility index (Phi) is 3.30. The van der Waals surface area contributed by atoms with E-state index in [0.29, 0.717) is 5.02 Å². The van der Waals surface area contributed by atoms with Crippen LogP contribution in [0.4, 0.5) is 4.39 Å². The third-order valence-electron chi connectivity index (χ3n) is 2.66. The lowest BCUT2D eigenvalue weighted by molar-refractivity contribution is -0.145. The topological polar surface area (TPSA) is 81.6 Å². The molecule has 1 aliphatic rings. The van der Waals surface area contributed by atoms with Gasteiger partial charge in [-0.1, -0.05) is 11.6 Å². The van der Waals surface area contributed by atoms with Crippen molar-refractivity contribution in [1.82, 2.24) is 10.9 Å². The van der Waals surface area contributed by atoms with Crippen molar-refractivity contribution in [1.29, 1.82) is 0 Å². The quantitative estimate of drug-likeness (QED) is 0.628. The van der Waals surface area contributed by atoms with Gasteiger partial charge < -0.3 is 10.2 Å². The Morgan fingerprint density at radius 2 is 2.12 bits per heavy atom. The predicted molar refractivity (Wildman–Crippen MR) is 57.6 cm³/mol. The standard InChI is InChI=1S/C10H10ClFN2O3/c11-4-1-2-6(12)5(3-4)8-7(10(16)17)9(15)14-13-8/h1-3,7-9,13-15H,(H,16,17). The molecule has 1 saturated heterocycles. The number of carboxylic acid groups (broad SMARTS) is 1. The number of halogens is 2. The van der Waals surface area contributed by atoms with Gasteiger partial charge in [0.25, 0.3) is 0 Å². The highest BCUT2D eigenvalue weighted by atomic mass is 35.5. The fourth-order valence-corrected chi connectivity index (χ4v) is 2.02. The Bertz CT molecular complexity index is 457. The molecule has 1 aromatic rings. The summed E-state index contributed by atoms with van der Waals surface area (Å²) in [5.41, 5.74) is 5.01. The minimum atomic E-state index is -1.28. The van der Waals surface area contributed by atoms with E-state index in [2.05, 4.69) is 10.9 Å². The summed E-state index contributed by atoms with van der Waals surface area (Å²) in [7, 11) is 0. The van der Waals surface area contributed by atoms with E-state index in [1.165, 1.54) is 12.1 Å². The summed E-state index contributed by atoms with van der Waals surface area (Å²) in [6.45, 7) is 0. The number of nitrogens with one attached hydrogen (secondary N) is 2. The van der Waals surface area contributed by atoms with Crippen LogP contribution in [0.15, 0.2) is 18.2 Å². The van der Waals surface area contributed by atoms with Crippen LogP contribution in [0.5, 0.6) is 0 Å². The fraction of sp³-hybridized carbons (Fsp3) is 0.300. The van der Waals surface area contributed by atoms with Crippen LogP contribution >= 0.6 is 11.6 Å². The van der Waals surface area contributed by atoms with Gasteiger partial charge in [0.1, 0.15) is 18.0 Å². The second-order valence-electron chi connectivity index (χ2n) is 3.74.